The topological polar surface area (TPSA) is 299 Å². The Kier molecular flexibility index (Phi) is 11.9. The fraction of sp³-hybridized carbons (Fsp3) is 0.433. The van der Waals surface area contributed by atoms with E-state index in [0.717, 1.165) is 37.4 Å². The Balaban J connectivity index is 1.21. The number of carboxylic acid groups (broad SMARTS) is 1. The van der Waals surface area contributed by atoms with Crippen LogP contribution in [0.1, 0.15) is 36.3 Å². The van der Waals surface area contributed by atoms with E-state index in [9.17, 15) is 37.3 Å². The van der Waals surface area contributed by atoms with Crippen LogP contribution in [0.5, 0.6) is 5.75 Å². The van der Waals surface area contributed by atoms with Crippen molar-refractivity contribution in [2.24, 2.45) is 16.8 Å². The molecule has 2 aliphatic heterocycles. The highest BCUT2D eigenvalue weighted by Gasteiger charge is 2.57. The molecule has 0 saturated carbocycles. The van der Waals surface area contributed by atoms with Gasteiger partial charge in [0.15, 0.2) is 17.4 Å². The quantitative estimate of drug-likeness (QED) is 0.0211. The lowest BCUT2D eigenvalue weighted by Crippen LogP contribution is -2.76. The van der Waals surface area contributed by atoms with Crippen LogP contribution in [0, 0.1) is 5.92 Å². The van der Waals surface area contributed by atoms with Gasteiger partial charge in [-0.3, -0.25) is 14.4 Å². The van der Waals surface area contributed by atoms with Gasteiger partial charge in [0.25, 0.3) is 23.8 Å². The Morgan fingerprint density at radius 1 is 1.26 bits per heavy atom. The first-order valence-corrected chi connectivity index (χ1v) is 18.3. The predicted octanol–water partition coefficient (Wildman–Crippen LogP) is -1.61. The van der Waals surface area contributed by atoms with Crippen molar-refractivity contribution in [2.75, 3.05) is 37.3 Å². The Morgan fingerprint density at radius 3 is 2.55 bits per heavy atom. The van der Waals surface area contributed by atoms with Gasteiger partial charge in [0.2, 0.25) is 16.6 Å². The zero-order valence-electron chi connectivity index (χ0n) is 28.5. The largest absolute Gasteiger partial charge is 0.724 e. The van der Waals surface area contributed by atoms with Crippen LogP contribution in [-0.4, -0.2) is 106 Å². The molecule has 21 nitrogen and oxygen atoms in total. The number of thiazole rings is 1. The number of carbonyl (C=O) groups excluding carboxylic acids is 3. The molecule has 2 aliphatic rings. The van der Waals surface area contributed by atoms with Gasteiger partial charge in [0, 0.05) is 30.0 Å². The molecule has 0 spiro atoms. The van der Waals surface area contributed by atoms with E-state index in [1.165, 1.54) is 43.5 Å². The lowest BCUT2D eigenvalue weighted by Gasteiger charge is -2.51. The highest BCUT2D eigenvalue weighted by atomic mass is 32.3. The molecular formula is C30H38N10O11S2. The molecule has 1 aromatic carbocycles. The number of nitrogens with zero attached hydrogens (tertiary/aromatic N) is 5. The minimum Gasteiger partial charge on any atom is -0.724 e. The van der Waals surface area contributed by atoms with Crippen molar-refractivity contribution in [3.63, 3.8) is 0 Å². The maximum Gasteiger partial charge on any atom is 0.351 e. The number of hydrogen-bond donors (Lipinski definition) is 6. The summed E-state index contributed by atoms with van der Waals surface area (Å²) in [4.78, 5) is 60.0. The Bertz CT molecular complexity index is 1980. The van der Waals surface area contributed by atoms with Crippen LogP contribution >= 0.6 is 11.3 Å². The van der Waals surface area contributed by atoms with E-state index in [-0.39, 0.29) is 22.5 Å². The Labute approximate surface area is 306 Å². The second-order valence-corrected chi connectivity index (χ2v) is 14.4. The van der Waals surface area contributed by atoms with Crippen molar-refractivity contribution in [3.05, 3.63) is 53.3 Å². The van der Waals surface area contributed by atoms with Crippen LogP contribution in [0.4, 0.5) is 10.8 Å². The van der Waals surface area contributed by atoms with Crippen LogP contribution in [0.2, 0.25) is 0 Å². The molecule has 2 aromatic heterocycles. The number of nitrogen functional groups attached to an aromatic ring is 1. The first kappa shape index (κ1) is 39.0. The molecule has 0 aliphatic carbocycles. The van der Waals surface area contributed by atoms with Crippen LogP contribution in [0.15, 0.2) is 47.2 Å². The minimum absolute atomic E-state index is 0.0299. The number of aryl methyl sites for hydroxylation is 1. The van der Waals surface area contributed by atoms with Gasteiger partial charge in [0.05, 0.1) is 18.3 Å². The first-order valence-electron chi connectivity index (χ1n) is 16.1. The smallest absolute Gasteiger partial charge is 0.351 e. The molecule has 4 heterocycles. The molecule has 2 atom stereocenters. The molecule has 5 rings (SSSR count). The molecule has 3 aromatic rings. The average Bonchev–Trinajstić information content (AvgIpc) is 3.68. The third-order valence-electron chi connectivity index (χ3n) is 8.23. The summed E-state index contributed by atoms with van der Waals surface area (Å²) in [5.41, 5.74) is 10.1. The Hall–Kier alpha value is -5.20. The maximum absolute atomic E-state index is 13.3. The number of carbonyl (C=O) groups is 4. The number of rotatable bonds is 18. The van der Waals surface area contributed by atoms with Gasteiger partial charge >= 0.3 is 5.97 Å². The molecule has 286 valence electrons. The highest BCUT2D eigenvalue weighted by Crippen LogP contribution is 2.33. The molecule has 2 fully saturated rings. The fourth-order valence-corrected chi connectivity index (χ4v) is 6.27. The maximum atomic E-state index is 13.3. The van der Waals surface area contributed by atoms with Crippen molar-refractivity contribution in [1.82, 2.24) is 25.4 Å². The van der Waals surface area contributed by atoms with E-state index in [0.29, 0.717) is 35.3 Å². The van der Waals surface area contributed by atoms with Gasteiger partial charge in [-0.15, -0.1) is 16.0 Å². The molecule has 8 N–H and O–H groups in total. The summed E-state index contributed by atoms with van der Waals surface area (Å²) in [7, 11) is -5.29. The number of ether oxygens (including phenoxy) is 1. The molecule has 2 saturated heterocycles. The number of carboxylic acids is 1. The monoisotopic (exact) mass is 778 g/mol. The van der Waals surface area contributed by atoms with Crippen LogP contribution in [-0.2, 0) is 47.0 Å². The predicted molar refractivity (Wildman–Crippen MR) is 184 cm³/mol. The first-order chi connectivity index (χ1) is 25.0. The van der Waals surface area contributed by atoms with E-state index in [1.54, 1.807) is 0 Å². The van der Waals surface area contributed by atoms with E-state index < -0.39 is 58.2 Å². The van der Waals surface area contributed by atoms with Gasteiger partial charge in [-0.25, -0.2) is 18.2 Å². The van der Waals surface area contributed by atoms with Crippen LogP contribution in [0.3, 0.4) is 0 Å². The summed E-state index contributed by atoms with van der Waals surface area (Å²) in [6.45, 7) is 5.95. The van der Waals surface area contributed by atoms with Crippen molar-refractivity contribution >= 4 is 62.0 Å². The van der Waals surface area contributed by atoms with Gasteiger partial charge in [-0.2, -0.15) is 14.0 Å². The summed E-state index contributed by atoms with van der Waals surface area (Å²) in [5, 5.41) is 23.6. The van der Waals surface area contributed by atoms with E-state index in [2.05, 4.69) is 35.1 Å². The highest BCUT2D eigenvalue weighted by molar-refractivity contribution is 7.80. The number of hydrogen-bond acceptors (Lipinski definition) is 16. The van der Waals surface area contributed by atoms with E-state index in [1.807, 2.05) is 17.1 Å². The number of amides is 3. The third kappa shape index (κ3) is 9.62. The normalized spacial score (nSPS) is 17.7. The number of nitrogens with two attached hydrogens (primary N) is 2. The average molecular weight is 779 g/mol. The van der Waals surface area contributed by atoms with Crippen molar-refractivity contribution in [2.45, 2.75) is 51.0 Å². The Morgan fingerprint density at radius 2 is 1.98 bits per heavy atom. The van der Waals surface area contributed by atoms with Crippen LogP contribution in [0.25, 0.3) is 0 Å². The fourth-order valence-electron chi connectivity index (χ4n) is 5.27. The number of hydroxylamine groups is 2. The summed E-state index contributed by atoms with van der Waals surface area (Å²) < 4.78 is 46.9. The van der Waals surface area contributed by atoms with E-state index in [4.69, 9.17) is 21.0 Å². The van der Waals surface area contributed by atoms with Gasteiger partial charge < -0.3 is 46.7 Å². The molecule has 23 heteroatoms. The van der Waals surface area contributed by atoms with E-state index >= 15 is 0 Å². The molecule has 0 bridgehead atoms. The lowest BCUT2D eigenvalue weighted by atomic mass is 9.84. The third-order valence-corrected chi connectivity index (χ3v) is 9.23. The minimum atomic E-state index is -5.29. The standard InChI is InChI=1S/C30H38N10O11S2/c1-30(2)24(27(43)40(30)51-53(46,47)48)36-26(42)23(21-16-52-29(32)35-21)37-50-22(28(44)45)15-49-20-6-4-18(5-7-20)25(41)34-19-13-38(9-3-8-31)39(14-19)12-17-10-33-11-17/h4-7,13-14,16-17,22,24,33H,3,8-12,15,31H2,1-2H3,(H5-,32,34,35,36,41,42,44,45,46,47,48)/b37-23-/t22-,24+/m0/s1. The van der Waals surface area contributed by atoms with Gasteiger partial charge in [-0.05, 0) is 51.1 Å². The number of benzene rings is 1. The van der Waals surface area contributed by atoms with Crippen LogP contribution < -0.4 is 36.8 Å². The number of oxime groups is 1. The molecule has 0 unspecified atom stereocenters. The molecule has 3 amide bonds. The summed E-state index contributed by atoms with van der Waals surface area (Å²) in [5.74, 6) is -3.30. The SMILES string of the molecule is CC1(C)[C@H](NC(=O)/C(=N\O[C@@H](COc2ccc(C(=O)Nc3cn(CCCN)[n+](CC4CNC4)c3)cc2)C(=O)O)c2csc(N)n2)C(=O)N1OS(=O)(=O)[O-]. The number of anilines is 2. The van der Waals surface area contributed by atoms with Crippen molar-refractivity contribution in [3.8, 4) is 5.75 Å². The molecule has 0 radical (unpaired) electrons. The number of aliphatic carboxylic acids is 1. The molecular weight excluding hydrogens is 741 g/mol. The number of β-lactam (4-membered cyclic amide) rings is 1. The molecule has 53 heavy (non-hydrogen) atoms. The summed E-state index contributed by atoms with van der Waals surface area (Å²) >= 11 is 0.932. The van der Waals surface area contributed by atoms with Gasteiger partial charge in [0.1, 0.15) is 29.8 Å². The zero-order valence-corrected chi connectivity index (χ0v) is 30.1. The second kappa shape index (κ2) is 16.2. The summed E-state index contributed by atoms with van der Waals surface area (Å²) in [6.07, 6.45) is 2.75. The number of nitrogens with one attached hydrogen (secondary N) is 3. The lowest BCUT2D eigenvalue weighted by molar-refractivity contribution is -0.781. The number of aromatic nitrogens is 3. The zero-order chi connectivity index (χ0) is 38.5. The van der Waals surface area contributed by atoms with Crippen molar-refractivity contribution in [1.29, 1.82) is 0 Å². The summed E-state index contributed by atoms with van der Waals surface area (Å²) in [6, 6.07) is 4.54. The van der Waals surface area contributed by atoms with Gasteiger partial charge in [-0.1, -0.05) is 5.16 Å². The van der Waals surface area contributed by atoms with Crippen molar-refractivity contribution < 1.29 is 55.8 Å². The second-order valence-electron chi connectivity index (χ2n) is 12.6.